The first kappa shape index (κ1) is 16.9. The zero-order valence-electron chi connectivity index (χ0n) is 13.6. The van der Waals surface area contributed by atoms with Crippen LogP contribution in [0.5, 0.6) is 0 Å². The SMILES string of the molecule is CC(=O)c1ccc(N(CC2(c3ncccc3F)CCC2)C(=O)O)nn1. The number of pyridine rings is 1. The number of nitrogens with zero attached hydrogens (tertiary/aromatic N) is 4. The summed E-state index contributed by atoms with van der Waals surface area (Å²) in [5, 5.41) is 17.2. The maximum atomic E-state index is 14.2. The molecule has 2 aromatic rings. The van der Waals surface area contributed by atoms with Crippen molar-refractivity contribution in [3.63, 3.8) is 0 Å². The smallest absolute Gasteiger partial charge is 0.413 e. The molecule has 0 aromatic carbocycles. The number of hydrogen-bond donors (Lipinski definition) is 1. The number of carboxylic acid groups (broad SMARTS) is 1. The Kier molecular flexibility index (Phi) is 4.43. The molecule has 130 valence electrons. The van der Waals surface area contributed by atoms with Crippen molar-refractivity contribution < 1.29 is 19.1 Å². The molecular weight excluding hydrogens is 327 g/mol. The molecule has 7 nitrogen and oxygen atoms in total. The molecule has 1 N–H and O–H groups in total. The van der Waals surface area contributed by atoms with E-state index in [4.69, 9.17) is 0 Å². The van der Waals surface area contributed by atoms with Gasteiger partial charge in [0.15, 0.2) is 11.6 Å². The van der Waals surface area contributed by atoms with Gasteiger partial charge >= 0.3 is 6.09 Å². The fraction of sp³-hybridized carbons (Fsp3) is 0.353. The zero-order chi connectivity index (χ0) is 18.0. The molecule has 0 bridgehead atoms. The number of rotatable bonds is 5. The van der Waals surface area contributed by atoms with Crippen molar-refractivity contribution in [1.82, 2.24) is 15.2 Å². The Morgan fingerprint density at radius 3 is 2.52 bits per heavy atom. The molecular formula is C17H17FN4O3. The second-order valence-corrected chi connectivity index (χ2v) is 6.17. The lowest BCUT2D eigenvalue weighted by Crippen LogP contribution is -2.49. The van der Waals surface area contributed by atoms with Gasteiger partial charge in [-0.1, -0.05) is 6.42 Å². The molecule has 0 spiro atoms. The summed E-state index contributed by atoms with van der Waals surface area (Å²) in [4.78, 5) is 28.2. The number of aromatic nitrogens is 3. The van der Waals surface area contributed by atoms with Crippen molar-refractivity contribution in [3.8, 4) is 0 Å². The quantitative estimate of drug-likeness (QED) is 0.838. The molecule has 1 fully saturated rings. The molecule has 25 heavy (non-hydrogen) atoms. The first-order valence-corrected chi connectivity index (χ1v) is 7.89. The van der Waals surface area contributed by atoms with Crippen LogP contribution in [0.15, 0.2) is 30.5 Å². The number of ketones is 1. The van der Waals surface area contributed by atoms with Gasteiger partial charge in [0.05, 0.1) is 5.69 Å². The number of carbonyl (C=O) groups is 2. The Morgan fingerprint density at radius 2 is 2.04 bits per heavy atom. The second-order valence-electron chi connectivity index (χ2n) is 6.17. The Morgan fingerprint density at radius 1 is 1.28 bits per heavy atom. The monoisotopic (exact) mass is 344 g/mol. The van der Waals surface area contributed by atoms with Crippen LogP contribution in [0.3, 0.4) is 0 Å². The van der Waals surface area contributed by atoms with Crippen molar-refractivity contribution >= 4 is 17.7 Å². The van der Waals surface area contributed by atoms with Gasteiger partial charge < -0.3 is 5.11 Å². The van der Waals surface area contributed by atoms with E-state index >= 15 is 0 Å². The van der Waals surface area contributed by atoms with Crippen LogP contribution in [-0.2, 0) is 5.41 Å². The van der Waals surface area contributed by atoms with Crippen LogP contribution in [0.25, 0.3) is 0 Å². The standard InChI is InChI=1S/C17H17FN4O3/c1-11(23)13-5-6-14(21-20-13)22(16(24)25)10-17(7-3-8-17)15-12(18)4-2-9-19-15/h2,4-6,9H,3,7-8,10H2,1H3,(H,24,25). The van der Waals surface area contributed by atoms with Crippen LogP contribution in [0.2, 0.25) is 0 Å². The van der Waals surface area contributed by atoms with E-state index in [2.05, 4.69) is 15.2 Å². The van der Waals surface area contributed by atoms with Gasteiger partial charge in [0.1, 0.15) is 11.5 Å². The molecule has 8 heteroatoms. The summed E-state index contributed by atoms with van der Waals surface area (Å²) in [7, 11) is 0. The lowest BCUT2D eigenvalue weighted by molar-refractivity contribution is 0.101. The molecule has 1 aliphatic rings. The summed E-state index contributed by atoms with van der Waals surface area (Å²) in [6.07, 6.45) is 2.45. The predicted octanol–water partition coefficient (Wildman–Crippen LogP) is 2.82. The second kappa shape index (κ2) is 6.54. The first-order chi connectivity index (χ1) is 11.9. The lowest BCUT2D eigenvalue weighted by Gasteiger charge is -2.43. The van der Waals surface area contributed by atoms with Crippen LogP contribution in [0, 0.1) is 5.82 Å². The predicted molar refractivity (Wildman–Crippen MR) is 87.1 cm³/mol. The Hall–Kier alpha value is -2.90. The van der Waals surface area contributed by atoms with E-state index in [1.807, 2.05) is 0 Å². The molecule has 0 saturated heterocycles. The summed E-state index contributed by atoms with van der Waals surface area (Å²) in [5.74, 6) is -0.599. The van der Waals surface area contributed by atoms with Gasteiger partial charge in [-0.25, -0.2) is 9.18 Å². The number of hydrogen-bond acceptors (Lipinski definition) is 5. The molecule has 2 heterocycles. The van der Waals surface area contributed by atoms with Gasteiger partial charge in [-0.05, 0) is 37.1 Å². The maximum Gasteiger partial charge on any atom is 0.413 e. The van der Waals surface area contributed by atoms with Gasteiger partial charge in [-0.2, -0.15) is 0 Å². The van der Waals surface area contributed by atoms with Crippen LogP contribution < -0.4 is 4.90 Å². The summed E-state index contributed by atoms with van der Waals surface area (Å²) in [6, 6.07) is 5.69. The van der Waals surface area contributed by atoms with Crippen molar-refractivity contribution in [1.29, 1.82) is 0 Å². The van der Waals surface area contributed by atoms with Crippen LogP contribution >= 0.6 is 0 Å². The molecule has 0 radical (unpaired) electrons. The topological polar surface area (TPSA) is 96.3 Å². The third kappa shape index (κ3) is 3.19. The van der Waals surface area contributed by atoms with Gasteiger partial charge in [0.2, 0.25) is 0 Å². The summed E-state index contributed by atoms with van der Waals surface area (Å²) in [5.41, 5.74) is -0.242. The van der Waals surface area contributed by atoms with E-state index in [1.165, 1.54) is 37.4 Å². The molecule has 0 unspecified atom stereocenters. The number of carbonyl (C=O) groups excluding carboxylic acids is 1. The Balaban J connectivity index is 1.92. The van der Waals surface area contributed by atoms with E-state index in [9.17, 15) is 19.1 Å². The number of anilines is 1. The van der Waals surface area contributed by atoms with E-state index in [0.29, 0.717) is 12.8 Å². The zero-order valence-corrected chi connectivity index (χ0v) is 13.6. The van der Waals surface area contributed by atoms with E-state index < -0.39 is 17.3 Å². The minimum absolute atomic E-state index is 0.0321. The molecule has 1 saturated carbocycles. The largest absolute Gasteiger partial charge is 0.465 e. The normalized spacial score (nSPS) is 15.3. The Labute approximate surface area is 143 Å². The average molecular weight is 344 g/mol. The molecule has 1 amide bonds. The molecule has 1 aliphatic carbocycles. The molecule has 0 atom stereocenters. The van der Waals surface area contributed by atoms with Gasteiger partial charge in [0, 0.05) is 25.1 Å². The number of amides is 1. The minimum Gasteiger partial charge on any atom is -0.465 e. The van der Waals surface area contributed by atoms with Crippen LogP contribution in [0.4, 0.5) is 15.0 Å². The molecule has 0 aliphatic heterocycles. The van der Waals surface area contributed by atoms with E-state index in [-0.39, 0.29) is 29.5 Å². The van der Waals surface area contributed by atoms with E-state index in [1.54, 1.807) is 0 Å². The highest BCUT2D eigenvalue weighted by Crippen LogP contribution is 2.44. The van der Waals surface area contributed by atoms with E-state index in [0.717, 1.165) is 11.3 Å². The lowest BCUT2D eigenvalue weighted by atomic mass is 9.66. The van der Waals surface area contributed by atoms with Crippen molar-refractivity contribution in [2.75, 3.05) is 11.4 Å². The van der Waals surface area contributed by atoms with Crippen LogP contribution in [0.1, 0.15) is 42.4 Å². The van der Waals surface area contributed by atoms with Crippen LogP contribution in [-0.4, -0.2) is 38.7 Å². The summed E-state index contributed by atoms with van der Waals surface area (Å²) in [6.45, 7) is 1.39. The van der Waals surface area contributed by atoms with Crippen molar-refractivity contribution in [2.24, 2.45) is 0 Å². The van der Waals surface area contributed by atoms with Gasteiger partial charge in [-0.15, -0.1) is 10.2 Å². The van der Waals surface area contributed by atoms with Crippen molar-refractivity contribution in [3.05, 3.63) is 47.7 Å². The molecule has 2 aromatic heterocycles. The number of Topliss-reactive ketones (excluding diaryl/α,β-unsaturated/α-hetero) is 1. The van der Waals surface area contributed by atoms with Gasteiger partial charge in [0.25, 0.3) is 0 Å². The fourth-order valence-corrected chi connectivity index (χ4v) is 3.06. The van der Waals surface area contributed by atoms with Gasteiger partial charge in [-0.3, -0.25) is 14.7 Å². The highest BCUT2D eigenvalue weighted by molar-refractivity contribution is 5.92. The highest BCUT2D eigenvalue weighted by atomic mass is 19.1. The van der Waals surface area contributed by atoms with Crippen molar-refractivity contribution in [2.45, 2.75) is 31.6 Å². The third-order valence-electron chi connectivity index (χ3n) is 4.55. The molecule has 3 rings (SSSR count). The Bertz CT molecular complexity index is 806. The average Bonchev–Trinajstić information content (AvgIpc) is 2.55. The fourth-order valence-electron chi connectivity index (χ4n) is 3.06. The first-order valence-electron chi connectivity index (χ1n) is 7.89. The third-order valence-corrected chi connectivity index (χ3v) is 4.55. The summed E-state index contributed by atoms with van der Waals surface area (Å²) < 4.78 is 14.2. The maximum absolute atomic E-state index is 14.2. The number of halogens is 1. The summed E-state index contributed by atoms with van der Waals surface area (Å²) >= 11 is 0. The minimum atomic E-state index is -1.22. The highest BCUT2D eigenvalue weighted by Gasteiger charge is 2.44.